The highest BCUT2D eigenvalue weighted by Crippen LogP contribution is 2.22. The Morgan fingerprint density at radius 1 is 1.14 bits per heavy atom. The topological polar surface area (TPSA) is 41.7 Å². The number of piperazine rings is 1. The van der Waals surface area contributed by atoms with Gasteiger partial charge in [-0.3, -0.25) is 9.80 Å². The van der Waals surface area contributed by atoms with E-state index in [2.05, 4.69) is 40.1 Å². The molecule has 4 nitrogen and oxygen atoms in total. The Balaban J connectivity index is 1.50. The van der Waals surface area contributed by atoms with Gasteiger partial charge in [0.05, 0.1) is 6.61 Å². The van der Waals surface area contributed by atoms with Gasteiger partial charge in [0.25, 0.3) is 0 Å². The van der Waals surface area contributed by atoms with Gasteiger partial charge in [0.15, 0.2) is 0 Å². The zero-order valence-corrected chi connectivity index (χ0v) is 12.8. The molecule has 2 fully saturated rings. The summed E-state index contributed by atoms with van der Waals surface area (Å²) < 4.78 is 5.54. The molecule has 0 aromatic heterocycles. The number of benzene rings is 1. The minimum atomic E-state index is 0.506. The molecule has 116 valence electrons. The lowest BCUT2D eigenvalue weighted by atomic mass is 9.97. The lowest BCUT2D eigenvalue weighted by Gasteiger charge is -2.41. The molecule has 2 saturated heterocycles. The predicted molar refractivity (Wildman–Crippen MR) is 85.1 cm³/mol. The largest absolute Gasteiger partial charge is 0.381 e. The maximum absolute atomic E-state index is 6.03. The second-order valence-corrected chi connectivity index (χ2v) is 6.22. The van der Waals surface area contributed by atoms with Crippen molar-refractivity contribution in [3.05, 3.63) is 35.9 Å². The van der Waals surface area contributed by atoms with Crippen molar-refractivity contribution in [1.29, 1.82) is 0 Å². The second kappa shape index (κ2) is 7.36. The van der Waals surface area contributed by atoms with Crippen molar-refractivity contribution in [2.24, 2.45) is 11.7 Å². The summed E-state index contributed by atoms with van der Waals surface area (Å²) in [6.07, 6.45) is 1.17. The summed E-state index contributed by atoms with van der Waals surface area (Å²) in [5.41, 5.74) is 7.44. The molecule has 0 aliphatic carbocycles. The maximum Gasteiger partial charge on any atom is 0.0510 e. The minimum Gasteiger partial charge on any atom is -0.381 e. The van der Waals surface area contributed by atoms with Crippen molar-refractivity contribution in [1.82, 2.24) is 9.80 Å². The van der Waals surface area contributed by atoms with Gasteiger partial charge in [-0.1, -0.05) is 30.3 Å². The summed E-state index contributed by atoms with van der Waals surface area (Å²) in [7, 11) is 0. The van der Waals surface area contributed by atoms with Crippen LogP contribution in [0.1, 0.15) is 12.0 Å². The van der Waals surface area contributed by atoms with Crippen LogP contribution >= 0.6 is 0 Å². The average Bonchev–Trinajstić information content (AvgIpc) is 3.05. The Morgan fingerprint density at radius 2 is 1.90 bits per heavy atom. The molecule has 1 aromatic rings. The molecule has 21 heavy (non-hydrogen) atoms. The first kappa shape index (κ1) is 15.0. The molecular formula is C17H27N3O. The van der Waals surface area contributed by atoms with Crippen molar-refractivity contribution >= 4 is 0 Å². The molecule has 2 atom stereocenters. The van der Waals surface area contributed by atoms with Crippen LogP contribution in [0.2, 0.25) is 0 Å². The number of ether oxygens (including phenoxy) is 1. The summed E-state index contributed by atoms with van der Waals surface area (Å²) in [5.74, 6) is 0.635. The first-order valence-corrected chi connectivity index (χ1v) is 8.15. The summed E-state index contributed by atoms with van der Waals surface area (Å²) in [6, 6.07) is 11.3. The molecular weight excluding hydrogens is 262 g/mol. The first-order chi connectivity index (χ1) is 10.4. The SMILES string of the molecule is NCC(C1CCOC1)N1CCN(Cc2ccccc2)CC1. The molecule has 0 saturated carbocycles. The Hall–Kier alpha value is -0.940. The molecule has 2 N–H and O–H groups in total. The molecule has 0 radical (unpaired) electrons. The van der Waals surface area contributed by atoms with Gasteiger partial charge in [0.1, 0.15) is 0 Å². The normalized spacial score (nSPS) is 26.0. The Bertz CT molecular complexity index is 411. The van der Waals surface area contributed by atoms with E-state index in [0.717, 1.165) is 52.5 Å². The molecule has 2 aliphatic heterocycles. The number of rotatable bonds is 5. The van der Waals surface area contributed by atoms with Gasteiger partial charge in [-0.05, 0) is 12.0 Å². The lowest BCUT2D eigenvalue weighted by Crippen LogP contribution is -2.54. The molecule has 2 unspecified atom stereocenters. The van der Waals surface area contributed by atoms with Crippen molar-refractivity contribution in [3.63, 3.8) is 0 Å². The van der Waals surface area contributed by atoms with E-state index >= 15 is 0 Å². The molecule has 4 heteroatoms. The first-order valence-electron chi connectivity index (χ1n) is 8.15. The molecule has 2 heterocycles. The van der Waals surface area contributed by atoms with E-state index < -0.39 is 0 Å². The molecule has 1 aromatic carbocycles. The van der Waals surface area contributed by atoms with E-state index in [9.17, 15) is 0 Å². The van der Waals surface area contributed by atoms with Crippen LogP contribution in [0.15, 0.2) is 30.3 Å². The molecule has 0 spiro atoms. The third-order valence-electron chi connectivity index (χ3n) is 4.88. The average molecular weight is 289 g/mol. The fourth-order valence-electron chi connectivity index (χ4n) is 3.59. The van der Waals surface area contributed by atoms with Crippen molar-refractivity contribution < 1.29 is 4.74 Å². The van der Waals surface area contributed by atoms with E-state index in [-0.39, 0.29) is 0 Å². The molecule has 2 aliphatic rings. The van der Waals surface area contributed by atoms with Gasteiger partial charge in [-0.2, -0.15) is 0 Å². The van der Waals surface area contributed by atoms with E-state index in [1.165, 1.54) is 12.0 Å². The van der Waals surface area contributed by atoms with Gasteiger partial charge >= 0.3 is 0 Å². The van der Waals surface area contributed by atoms with Crippen LogP contribution in [0.3, 0.4) is 0 Å². The predicted octanol–water partition coefficient (Wildman–Crippen LogP) is 1.17. The van der Waals surface area contributed by atoms with Crippen LogP contribution in [-0.4, -0.2) is 61.8 Å². The van der Waals surface area contributed by atoms with Crippen LogP contribution in [0, 0.1) is 5.92 Å². The maximum atomic E-state index is 6.03. The summed E-state index contributed by atoms with van der Waals surface area (Å²) in [4.78, 5) is 5.13. The van der Waals surface area contributed by atoms with Crippen LogP contribution in [0.25, 0.3) is 0 Å². The number of hydrogen-bond donors (Lipinski definition) is 1. The monoisotopic (exact) mass is 289 g/mol. The van der Waals surface area contributed by atoms with Gasteiger partial charge in [-0.15, -0.1) is 0 Å². The lowest BCUT2D eigenvalue weighted by molar-refractivity contribution is 0.0640. The summed E-state index contributed by atoms with van der Waals surface area (Å²) in [6.45, 7) is 8.16. The van der Waals surface area contributed by atoms with Crippen LogP contribution in [0.5, 0.6) is 0 Å². The molecule has 3 rings (SSSR count). The summed E-state index contributed by atoms with van der Waals surface area (Å²) >= 11 is 0. The van der Waals surface area contributed by atoms with E-state index in [0.29, 0.717) is 12.0 Å². The third-order valence-corrected chi connectivity index (χ3v) is 4.88. The van der Waals surface area contributed by atoms with Crippen LogP contribution in [0.4, 0.5) is 0 Å². The van der Waals surface area contributed by atoms with Gasteiger partial charge in [-0.25, -0.2) is 0 Å². The van der Waals surface area contributed by atoms with Gasteiger partial charge < -0.3 is 10.5 Å². The summed E-state index contributed by atoms with van der Waals surface area (Å²) in [5, 5.41) is 0. The van der Waals surface area contributed by atoms with Gasteiger partial charge in [0, 0.05) is 57.8 Å². The highest BCUT2D eigenvalue weighted by molar-refractivity contribution is 5.14. The fraction of sp³-hybridized carbons (Fsp3) is 0.647. The van der Waals surface area contributed by atoms with Crippen LogP contribution in [-0.2, 0) is 11.3 Å². The molecule has 0 amide bonds. The third kappa shape index (κ3) is 3.83. The number of nitrogens with zero attached hydrogens (tertiary/aromatic N) is 2. The molecule has 0 bridgehead atoms. The fourth-order valence-corrected chi connectivity index (χ4v) is 3.59. The zero-order chi connectivity index (χ0) is 14.5. The Kier molecular flexibility index (Phi) is 5.25. The highest BCUT2D eigenvalue weighted by Gasteiger charge is 2.31. The van der Waals surface area contributed by atoms with Crippen molar-refractivity contribution in [2.75, 3.05) is 45.9 Å². The Labute approximate surface area is 127 Å². The van der Waals surface area contributed by atoms with Crippen molar-refractivity contribution in [2.45, 2.75) is 19.0 Å². The number of nitrogens with two attached hydrogens (primary N) is 1. The van der Waals surface area contributed by atoms with Crippen molar-refractivity contribution in [3.8, 4) is 0 Å². The van der Waals surface area contributed by atoms with Gasteiger partial charge in [0.2, 0.25) is 0 Å². The highest BCUT2D eigenvalue weighted by atomic mass is 16.5. The standard InChI is InChI=1S/C17H27N3O/c18-12-17(16-6-11-21-14-16)20-9-7-19(8-10-20)13-15-4-2-1-3-5-15/h1-5,16-17H,6-14,18H2. The zero-order valence-electron chi connectivity index (χ0n) is 12.8. The quantitative estimate of drug-likeness (QED) is 0.883. The minimum absolute atomic E-state index is 0.506. The Morgan fingerprint density at radius 3 is 2.52 bits per heavy atom. The van der Waals surface area contributed by atoms with E-state index in [1.807, 2.05) is 0 Å². The van der Waals surface area contributed by atoms with E-state index in [4.69, 9.17) is 10.5 Å². The van der Waals surface area contributed by atoms with E-state index in [1.54, 1.807) is 0 Å². The second-order valence-electron chi connectivity index (χ2n) is 6.22. The smallest absolute Gasteiger partial charge is 0.0510 e. The number of hydrogen-bond acceptors (Lipinski definition) is 4. The van der Waals surface area contributed by atoms with Crippen LogP contribution < -0.4 is 5.73 Å².